The van der Waals surface area contributed by atoms with E-state index in [4.69, 9.17) is 10.5 Å². The lowest BCUT2D eigenvalue weighted by Gasteiger charge is -2.23. The van der Waals surface area contributed by atoms with Gasteiger partial charge in [0.15, 0.2) is 0 Å². The summed E-state index contributed by atoms with van der Waals surface area (Å²) in [5, 5.41) is 8.62. The smallest absolute Gasteiger partial charge is 0.252 e. The van der Waals surface area contributed by atoms with E-state index in [0.29, 0.717) is 22.7 Å². The summed E-state index contributed by atoms with van der Waals surface area (Å²) in [4.78, 5) is 14.0. The predicted octanol–water partition coefficient (Wildman–Crippen LogP) is 1.83. The van der Waals surface area contributed by atoms with E-state index in [9.17, 15) is 4.79 Å². The highest BCUT2D eigenvalue weighted by atomic mass is 16.5. The van der Waals surface area contributed by atoms with Crippen molar-refractivity contribution in [3.05, 3.63) is 17.7 Å². The van der Waals surface area contributed by atoms with E-state index in [2.05, 4.69) is 29.1 Å². The Morgan fingerprint density at radius 1 is 1.46 bits per heavy atom. The van der Waals surface area contributed by atoms with E-state index in [0.717, 1.165) is 31.6 Å². The zero-order valence-electron chi connectivity index (χ0n) is 14.5. The number of hydrogen-bond donors (Lipinski definition) is 1. The van der Waals surface area contributed by atoms with Crippen molar-refractivity contribution in [2.75, 3.05) is 26.7 Å². The first-order valence-electron chi connectivity index (χ1n) is 8.48. The maximum Gasteiger partial charge on any atom is 0.252 e. The van der Waals surface area contributed by atoms with Crippen LogP contribution in [0.25, 0.3) is 11.0 Å². The number of benzene rings is 1. The molecule has 2 atom stereocenters. The number of carbonyl (C=O) groups is 1. The Bertz CT molecular complexity index is 742. The Hall–Kier alpha value is -2.15. The Labute approximate surface area is 141 Å². The lowest BCUT2D eigenvalue weighted by Crippen LogP contribution is -2.30. The fraction of sp³-hybridized carbons (Fsp3) is 0.588. The number of fused-ring (bicyclic) bond motifs is 1. The van der Waals surface area contributed by atoms with Crippen molar-refractivity contribution in [2.24, 2.45) is 11.7 Å². The molecule has 1 amide bonds. The molecule has 7 heteroatoms. The normalized spacial score (nSPS) is 22.5. The summed E-state index contributed by atoms with van der Waals surface area (Å²) in [6.07, 6.45) is 2.26. The molecule has 1 aliphatic rings. The zero-order valence-corrected chi connectivity index (χ0v) is 14.5. The van der Waals surface area contributed by atoms with Crippen LogP contribution < -0.4 is 10.5 Å². The second kappa shape index (κ2) is 6.76. The number of nitrogens with two attached hydrogens (primary N) is 1. The molecule has 2 unspecified atom stereocenters. The zero-order chi connectivity index (χ0) is 17.3. The number of primary amides is 1. The van der Waals surface area contributed by atoms with Gasteiger partial charge >= 0.3 is 0 Å². The van der Waals surface area contributed by atoms with Gasteiger partial charge in [-0.2, -0.15) is 0 Å². The SMILES string of the molecule is CCN1CCC(C)CC(n2nnc3cc(C(N)=O)c(OC)cc32)C1. The van der Waals surface area contributed by atoms with Crippen LogP contribution in [0.1, 0.15) is 43.1 Å². The van der Waals surface area contributed by atoms with Gasteiger partial charge in [0.05, 0.1) is 24.2 Å². The van der Waals surface area contributed by atoms with Gasteiger partial charge in [0, 0.05) is 12.6 Å². The molecular weight excluding hydrogens is 306 g/mol. The molecule has 2 aromatic rings. The average Bonchev–Trinajstić information content (AvgIpc) is 2.89. The van der Waals surface area contributed by atoms with Gasteiger partial charge in [0.1, 0.15) is 11.3 Å². The third-order valence-corrected chi connectivity index (χ3v) is 4.93. The Morgan fingerprint density at radius 2 is 2.25 bits per heavy atom. The Morgan fingerprint density at radius 3 is 2.92 bits per heavy atom. The number of likely N-dealkylation sites (tertiary alicyclic amines) is 1. The monoisotopic (exact) mass is 331 g/mol. The third kappa shape index (κ3) is 3.08. The standard InChI is InChI=1S/C17H25N5O2/c1-4-21-6-5-11(2)7-12(10-21)22-15-9-16(24-3)13(17(18)23)8-14(15)19-20-22/h8-9,11-12H,4-7,10H2,1-3H3,(H2,18,23). The molecule has 0 radical (unpaired) electrons. The van der Waals surface area contributed by atoms with E-state index < -0.39 is 5.91 Å². The van der Waals surface area contributed by atoms with Crippen LogP contribution in [0.15, 0.2) is 12.1 Å². The molecule has 1 aliphatic heterocycles. The summed E-state index contributed by atoms with van der Waals surface area (Å²) in [5.41, 5.74) is 7.31. The van der Waals surface area contributed by atoms with E-state index in [-0.39, 0.29) is 6.04 Å². The van der Waals surface area contributed by atoms with Crippen molar-refractivity contribution in [1.82, 2.24) is 19.9 Å². The van der Waals surface area contributed by atoms with Crippen molar-refractivity contribution >= 4 is 16.9 Å². The van der Waals surface area contributed by atoms with E-state index >= 15 is 0 Å². The molecular formula is C17H25N5O2. The summed E-state index contributed by atoms with van der Waals surface area (Å²) in [7, 11) is 1.54. The van der Waals surface area contributed by atoms with Gasteiger partial charge in [-0.25, -0.2) is 4.68 Å². The highest BCUT2D eigenvalue weighted by Crippen LogP contribution is 2.30. The summed E-state index contributed by atoms with van der Waals surface area (Å²) in [5.74, 6) is 0.578. The van der Waals surface area contributed by atoms with Crippen LogP contribution in [0.2, 0.25) is 0 Å². The summed E-state index contributed by atoms with van der Waals surface area (Å²) >= 11 is 0. The molecule has 0 saturated carbocycles. The number of amides is 1. The van der Waals surface area contributed by atoms with Crippen molar-refractivity contribution in [2.45, 2.75) is 32.7 Å². The second-order valence-electron chi connectivity index (χ2n) is 6.62. The van der Waals surface area contributed by atoms with E-state index in [1.807, 2.05) is 10.7 Å². The molecule has 130 valence electrons. The maximum atomic E-state index is 11.6. The number of nitrogens with zero attached hydrogens (tertiary/aromatic N) is 4. The summed E-state index contributed by atoms with van der Waals surface area (Å²) < 4.78 is 7.31. The number of aromatic nitrogens is 3. The van der Waals surface area contributed by atoms with Crippen LogP contribution in [-0.4, -0.2) is 52.5 Å². The Kier molecular flexibility index (Phi) is 4.71. The van der Waals surface area contributed by atoms with Crippen molar-refractivity contribution in [3.8, 4) is 5.75 Å². The van der Waals surface area contributed by atoms with Gasteiger partial charge in [-0.05, 0) is 37.9 Å². The molecule has 7 nitrogen and oxygen atoms in total. The third-order valence-electron chi connectivity index (χ3n) is 4.93. The van der Waals surface area contributed by atoms with Gasteiger partial charge in [-0.1, -0.05) is 19.1 Å². The lowest BCUT2D eigenvalue weighted by atomic mass is 10.0. The van der Waals surface area contributed by atoms with Crippen LogP contribution in [0, 0.1) is 5.92 Å². The lowest BCUT2D eigenvalue weighted by molar-refractivity contribution is 0.0997. The number of carbonyl (C=O) groups excluding carboxylic acids is 1. The molecule has 0 spiro atoms. The molecule has 1 aromatic heterocycles. The highest BCUT2D eigenvalue weighted by molar-refractivity contribution is 5.99. The van der Waals surface area contributed by atoms with Crippen molar-refractivity contribution in [3.63, 3.8) is 0 Å². The topological polar surface area (TPSA) is 86.3 Å². The molecule has 1 saturated heterocycles. The van der Waals surface area contributed by atoms with Crippen LogP contribution in [0.4, 0.5) is 0 Å². The number of methoxy groups -OCH3 is 1. The first kappa shape index (κ1) is 16.7. The quantitative estimate of drug-likeness (QED) is 0.924. The molecule has 0 aliphatic carbocycles. The van der Waals surface area contributed by atoms with Crippen molar-refractivity contribution in [1.29, 1.82) is 0 Å². The van der Waals surface area contributed by atoms with Crippen LogP contribution in [0.5, 0.6) is 5.75 Å². The fourth-order valence-corrected chi connectivity index (χ4v) is 3.51. The molecule has 2 N–H and O–H groups in total. The molecule has 3 rings (SSSR count). The molecule has 0 bridgehead atoms. The number of hydrogen-bond acceptors (Lipinski definition) is 5. The van der Waals surface area contributed by atoms with Gasteiger partial charge in [0.25, 0.3) is 5.91 Å². The first-order chi connectivity index (χ1) is 11.5. The summed E-state index contributed by atoms with van der Waals surface area (Å²) in [6, 6.07) is 3.75. The van der Waals surface area contributed by atoms with Gasteiger partial charge in [-0.3, -0.25) is 4.79 Å². The minimum atomic E-state index is -0.524. The molecule has 24 heavy (non-hydrogen) atoms. The van der Waals surface area contributed by atoms with Crippen molar-refractivity contribution < 1.29 is 9.53 Å². The minimum absolute atomic E-state index is 0.261. The van der Waals surface area contributed by atoms with Crippen LogP contribution >= 0.6 is 0 Å². The van der Waals surface area contributed by atoms with Gasteiger partial charge < -0.3 is 15.4 Å². The number of ether oxygens (including phenoxy) is 1. The van der Waals surface area contributed by atoms with E-state index in [1.54, 1.807) is 6.07 Å². The fourth-order valence-electron chi connectivity index (χ4n) is 3.51. The molecule has 1 aromatic carbocycles. The van der Waals surface area contributed by atoms with Crippen LogP contribution in [-0.2, 0) is 0 Å². The first-order valence-corrected chi connectivity index (χ1v) is 8.48. The molecule has 2 heterocycles. The second-order valence-corrected chi connectivity index (χ2v) is 6.62. The largest absolute Gasteiger partial charge is 0.496 e. The highest BCUT2D eigenvalue weighted by Gasteiger charge is 2.25. The Balaban J connectivity index is 2.04. The number of rotatable bonds is 4. The van der Waals surface area contributed by atoms with Crippen LogP contribution in [0.3, 0.4) is 0 Å². The number of likely N-dealkylation sites (N-methyl/N-ethyl adjacent to an activating group) is 1. The maximum absolute atomic E-state index is 11.6. The summed E-state index contributed by atoms with van der Waals surface area (Å²) in [6.45, 7) is 7.59. The average molecular weight is 331 g/mol. The van der Waals surface area contributed by atoms with E-state index in [1.165, 1.54) is 13.5 Å². The minimum Gasteiger partial charge on any atom is -0.496 e. The van der Waals surface area contributed by atoms with Gasteiger partial charge in [0.2, 0.25) is 0 Å². The predicted molar refractivity (Wildman–Crippen MR) is 92.1 cm³/mol. The van der Waals surface area contributed by atoms with Gasteiger partial charge in [-0.15, -0.1) is 5.10 Å². The molecule has 1 fully saturated rings.